The smallest absolute Gasteiger partial charge is 0.292 e. The van der Waals surface area contributed by atoms with Crippen molar-refractivity contribution in [2.75, 3.05) is 5.32 Å². The molecule has 0 radical (unpaired) electrons. The van der Waals surface area contributed by atoms with Crippen molar-refractivity contribution >= 4 is 11.4 Å². The Morgan fingerprint density at radius 2 is 1.96 bits per heavy atom. The number of nitrogens with zero attached hydrogens (tertiary/aromatic N) is 4. The number of hydrogen-bond donors (Lipinski definition) is 1. The summed E-state index contributed by atoms with van der Waals surface area (Å²) in [6.07, 6.45) is 0. The van der Waals surface area contributed by atoms with Gasteiger partial charge < -0.3 is 5.32 Å². The van der Waals surface area contributed by atoms with E-state index in [1.54, 1.807) is 23.9 Å². The molecule has 24 heavy (non-hydrogen) atoms. The minimum atomic E-state index is -0.383. The van der Waals surface area contributed by atoms with Gasteiger partial charge in [-0.1, -0.05) is 35.5 Å². The van der Waals surface area contributed by atoms with Crippen molar-refractivity contribution in [1.29, 1.82) is 0 Å². The Labute approximate surface area is 139 Å². The summed E-state index contributed by atoms with van der Waals surface area (Å²) in [5, 5.41) is 22.5. The summed E-state index contributed by atoms with van der Waals surface area (Å²) in [5.74, 6) is 0. The van der Waals surface area contributed by atoms with Gasteiger partial charge in [0.25, 0.3) is 5.69 Å². The second-order valence-corrected chi connectivity index (χ2v) is 5.48. The van der Waals surface area contributed by atoms with E-state index in [0.717, 1.165) is 22.5 Å². The van der Waals surface area contributed by atoms with Crippen LogP contribution < -0.4 is 5.32 Å². The molecule has 1 aromatic heterocycles. The average Bonchev–Trinajstić information content (AvgIpc) is 2.92. The van der Waals surface area contributed by atoms with E-state index in [9.17, 15) is 10.1 Å². The summed E-state index contributed by atoms with van der Waals surface area (Å²) in [4.78, 5) is 10.9. The van der Waals surface area contributed by atoms with Crippen LogP contribution >= 0.6 is 0 Å². The molecule has 0 aliphatic heterocycles. The molecule has 0 amide bonds. The van der Waals surface area contributed by atoms with E-state index in [-0.39, 0.29) is 10.6 Å². The Kier molecular flexibility index (Phi) is 4.24. The SMILES string of the molecule is Cc1nnn(C)c1-c1ccc([N+](=O)[O-])c(NCc2ccccc2)c1. The number of aromatic nitrogens is 3. The zero-order chi connectivity index (χ0) is 17.1. The van der Waals surface area contributed by atoms with E-state index in [4.69, 9.17) is 0 Å². The van der Waals surface area contributed by atoms with E-state index in [1.807, 2.05) is 37.3 Å². The topological polar surface area (TPSA) is 85.9 Å². The molecule has 0 saturated carbocycles. The van der Waals surface area contributed by atoms with Gasteiger partial charge in [0.1, 0.15) is 5.69 Å². The predicted octanol–water partition coefficient (Wildman–Crippen LogP) is 3.31. The summed E-state index contributed by atoms with van der Waals surface area (Å²) >= 11 is 0. The van der Waals surface area contributed by atoms with Crippen LogP contribution in [-0.4, -0.2) is 19.9 Å². The molecule has 3 rings (SSSR count). The summed E-state index contributed by atoms with van der Waals surface area (Å²) in [6, 6.07) is 14.7. The number of hydrogen-bond acceptors (Lipinski definition) is 5. The van der Waals surface area contributed by atoms with Crippen molar-refractivity contribution in [2.24, 2.45) is 7.05 Å². The number of nitrogens with one attached hydrogen (secondary N) is 1. The first-order valence-electron chi connectivity index (χ1n) is 7.49. The van der Waals surface area contributed by atoms with Gasteiger partial charge >= 0.3 is 0 Å². The summed E-state index contributed by atoms with van der Waals surface area (Å²) in [7, 11) is 1.80. The number of benzene rings is 2. The molecule has 1 heterocycles. The molecule has 7 heteroatoms. The fourth-order valence-corrected chi connectivity index (χ4v) is 2.63. The lowest BCUT2D eigenvalue weighted by atomic mass is 10.1. The zero-order valence-electron chi connectivity index (χ0n) is 13.4. The lowest BCUT2D eigenvalue weighted by Crippen LogP contribution is -2.03. The molecule has 7 nitrogen and oxygen atoms in total. The largest absolute Gasteiger partial charge is 0.375 e. The third-order valence-corrected chi connectivity index (χ3v) is 3.79. The van der Waals surface area contributed by atoms with Crippen molar-refractivity contribution in [3.8, 4) is 11.3 Å². The van der Waals surface area contributed by atoms with Gasteiger partial charge in [0.2, 0.25) is 0 Å². The molecule has 1 N–H and O–H groups in total. The van der Waals surface area contributed by atoms with Crippen LogP contribution in [0.4, 0.5) is 11.4 Å². The molecule has 0 spiro atoms. The van der Waals surface area contributed by atoms with Gasteiger partial charge in [-0.25, -0.2) is 4.68 Å². The third kappa shape index (κ3) is 3.10. The van der Waals surface area contributed by atoms with E-state index in [2.05, 4.69) is 15.6 Å². The molecular formula is C17H17N5O2. The number of aryl methyl sites for hydroxylation is 2. The highest BCUT2D eigenvalue weighted by molar-refractivity contribution is 5.73. The molecule has 0 bridgehead atoms. The normalized spacial score (nSPS) is 10.6. The quantitative estimate of drug-likeness (QED) is 0.575. The summed E-state index contributed by atoms with van der Waals surface area (Å²) in [5.41, 5.74) is 4.02. The van der Waals surface area contributed by atoms with E-state index in [0.29, 0.717) is 12.2 Å². The Balaban J connectivity index is 1.96. The van der Waals surface area contributed by atoms with Crippen molar-refractivity contribution in [3.63, 3.8) is 0 Å². The van der Waals surface area contributed by atoms with Crippen LogP contribution in [0.5, 0.6) is 0 Å². The Morgan fingerprint density at radius 3 is 2.58 bits per heavy atom. The highest BCUT2D eigenvalue weighted by Crippen LogP contribution is 2.31. The molecule has 0 unspecified atom stereocenters. The fourth-order valence-electron chi connectivity index (χ4n) is 2.63. The van der Waals surface area contributed by atoms with Crippen LogP contribution in [0, 0.1) is 17.0 Å². The van der Waals surface area contributed by atoms with E-state index >= 15 is 0 Å². The molecule has 3 aromatic rings. The maximum absolute atomic E-state index is 11.3. The Bertz CT molecular complexity index is 854. The van der Waals surface area contributed by atoms with Crippen LogP contribution in [0.25, 0.3) is 11.3 Å². The summed E-state index contributed by atoms with van der Waals surface area (Å²) in [6.45, 7) is 2.37. The van der Waals surface area contributed by atoms with Crippen LogP contribution in [0.15, 0.2) is 48.5 Å². The molecular weight excluding hydrogens is 306 g/mol. The standard InChI is InChI=1S/C17H17N5O2/c1-12-17(21(2)20-19-12)14-8-9-16(22(23)24)15(10-14)18-11-13-6-4-3-5-7-13/h3-10,18H,11H2,1-2H3. The number of anilines is 1. The average molecular weight is 323 g/mol. The first-order valence-corrected chi connectivity index (χ1v) is 7.49. The second-order valence-electron chi connectivity index (χ2n) is 5.48. The number of nitro benzene ring substituents is 1. The molecule has 0 aliphatic carbocycles. The van der Waals surface area contributed by atoms with E-state index < -0.39 is 0 Å². The van der Waals surface area contributed by atoms with Crippen LogP contribution in [-0.2, 0) is 13.6 Å². The summed E-state index contributed by atoms with van der Waals surface area (Å²) < 4.78 is 1.66. The predicted molar refractivity (Wildman–Crippen MR) is 91.6 cm³/mol. The fraction of sp³-hybridized carbons (Fsp3) is 0.176. The van der Waals surface area contributed by atoms with Crippen LogP contribution in [0.2, 0.25) is 0 Å². The Morgan fingerprint density at radius 1 is 1.21 bits per heavy atom. The van der Waals surface area contributed by atoms with Crippen molar-refractivity contribution in [2.45, 2.75) is 13.5 Å². The second kappa shape index (κ2) is 6.49. The van der Waals surface area contributed by atoms with Crippen molar-refractivity contribution in [1.82, 2.24) is 15.0 Å². The van der Waals surface area contributed by atoms with Crippen molar-refractivity contribution in [3.05, 3.63) is 69.9 Å². The monoisotopic (exact) mass is 323 g/mol. The first-order chi connectivity index (χ1) is 11.6. The molecule has 0 saturated heterocycles. The van der Waals surface area contributed by atoms with Gasteiger partial charge in [-0.2, -0.15) is 0 Å². The van der Waals surface area contributed by atoms with Gasteiger partial charge in [0.15, 0.2) is 0 Å². The first kappa shape index (κ1) is 15.7. The maximum atomic E-state index is 11.3. The van der Waals surface area contributed by atoms with E-state index in [1.165, 1.54) is 6.07 Å². The van der Waals surface area contributed by atoms with Gasteiger partial charge in [0.05, 0.1) is 16.3 Å². The molecule has 0 atom stereocenters. The van der Waals surface area contributed by atoms with Gasteiger partial charge in [-0.05, 0) is 24.6 Å². The lowest BCUT2D eigenvalue weighted by molar-refractivity contribution is -0.384. The highest BCUT2D eigenvalue weighted by Gasteiger charge is 2.17. The minimum absolute atomic E-state index is 0.0439. The molecule has 0 fully saturated rings. The molecule has 2 aromatic carbocycles. The van der Waals surface area contributed by atoms with Crippen molar-refractivity contribution < 1.29 is 4.92 Å². The number of rotatable bonds is 5. The van der Waals surface area contributed by atoms with Gasteiger partial charge in [-0.15, -0.1) is 5.10 Å². The maximum Gasteiger partial charge on any atom is 0.292 e. The van der Waals surface area contributed by atoms with Gasteiger partial charge in [0, 0.05) is 25.2 Å². The zero-order valence-corrected chi connectivity index (χ0v) is 13.4. The Hall–Kier alpha value is -3.22. The lowest BCUT2D eigenvalue weighted by Gasteiger charge is -2.10. The van der Waals surface area contributed by atoms with Crippen LogP contribution in [0.1, 0.15) is 11.3 Å². The third-order valence-electron chi connectivity index (χ3n) is 3.79. The van der Waals surface area contributed by atoms with Crippen LogP contribution in [0.3, 0.4) is 0 Å². The molecule has 122 valence electrons. The minimum Gasteiger partial charge on any atom is -0.375 e. The number of nitro groups is 1. The highest BCUT2D eigenvalue weighted by atomic mass is 16.6. The molecule has 0 aliphatic rings. The van der Waals surface area contributed by atoms with Gasteiger partial charge in [-0.3, -0.25) is 10.1 Å².